The van der Waals surface area contributed by atoms with Gasteiger partial charge in [-0.25, -0.2) is 0 Å². The smallest absolute Gasteiger partial charge is 0.374 e. The van der Waals surface area contributed by atoms with Crippen molar-refractivity contribution in [2.45, 2.75) is 38.9 Å². The molecule has 0 aliphatic rings. The molecule has 1 atom stereocenters. The average Bonchev–Trinajstić information content (AvgIpc) is 2.27. The van der Waals surface area contributed by atoms with E-state index >= 15 is 0 Å². The average molecular weight is 274 g/mol. The zero-order valence-electron chi connectivity index (χ0n) is 11.6. The van der Waals surface area contributed by atoms with E-state index in [-0.39, 0.29) is 11.7 Å². The highest BCUT2D eigenvalue weighted by atomic mass is 19.4. The molecule has 2 nitrogen and oxygen atoms in total. The minimum atomic E-state index is -4.34. The zero-order valence-corrected chi connectivity index (χ0v) is 11.6. The molecule has 0 aliphatic carbocycles. The monoisotopic (exact) mass is 274 g/mol. The van der Waals surface area contributed by atoms with Crippen LogP contribution in [0.3, 0.4) is 0 Å². The first kappa shape index (κ1) is 15.8. The van der Waals surface area contributed by atoms with Crippen molar-refractivity contribution in [3.05, 3.63) is 29.3 Å². The van der Waals surface area contributed by atoms with Crippen molar-refractivity contribution >= 4 is 5.69 Å². The van der Waals surface area contributed by atoms with Crippen molar-refractivity contribution in [2.75, 3.05) is 18.5 Å². The highest BCUT2D eigenvalue weighted by molar-refractivity contribution is 5.56. The normalized spacial score (nSPS) is 13.4. The standard InChI is InChI=1S/C14H21F3N2/c1-4-7-19(3)13-6-5-11(8-10(2)18)9-12(13)14(15,16)17/h5-6,9-10H,4,7-8,18H2,1-3H3. The predicted octanol–water partition coefficient (Wildman–Crippen LogP) is 3.44. The van der Waals surface area contributed by atoms with Gasteiger partial charge in [0.2, 0.25) is 0 Å². The number of hydrogen-bond acceptors (Lipinski definition) is 2. The van der Waals surface area contributed by atoms with E-state index in [4.69, 9.17) is 5.73 Å². The molecule has 1 aromatic carbocycles. The van der Waals surface area contributed by atoms with Crippen LogP contribution in [-0.4, -0.2) is 19.6 Å². The van der Waals surface area contributed by atoms with Crippen LogP contribution in [0.25, 0.3) is 0 Å². The van der Waals surface area contributed by atoms with Crippen molar-refractivity contribution in [2.24, 2.45) is 5.73 Å². The Morgan fingerprint density at radius 3 is 2.42 bits per heavy atom. The second-order valence-electron chi connectivity index (χ2n) is 4.95. The van der Waals surface area contributed by atoms with Gasteiger partial charge in [-0.15, -0.1) is 0 Å². The lowest BCUT2D eigenvalue weighted by Crippen LogP contribution is -2.23. The molecule has 0 saturated heterocycles. The molecule has 0 aromatic heterocycles. The summed E-state index contributed by atoms with van der Waals surface area (Å²) in [6.45, 7) is 4.31. The molecule has 0 aliphatic heterocycles. The number of nitrogens with zero attached hydrogens (tertiary/aromatic N) is 1. The number of hydrogen-bond donors (Lipinski definition) is 1. The maximum Gasteiger partial charge on any atom is 0.418 e. The van der Waals surface area contributed by atoms with Crippen LogP contribution in [0, 0.1) is 0 Å². The molecule has 19 heavy (non-hydrogen) atoms. The van der Waals surface area contributed by atoms with Gasteiger partial charge in [0.25, 0.3) is 0 Å². The predicted molar refractivity (Wildman–Crippen MR) is 72.4 cm³/mol. The number of rotatable bonds is 5. The fourth-order valence-corrected chi connectivity index (χ4v) is 2.10. The van der Waals surface area contributed by atoms with Crippen LogP contribution in [0.5, 0.6) is 0 Å². The number of nitrogens with two attached hydrogens (primary N) is 1. The van der Waals surface area contributed by atoms with Crippen molar-refractivity contribution in [1.82, 2.24) is 0 Å². The Balaban J connectivity index is 3.17. The van der Waals surface area contributed by atoms with Gasteiger partial charge in [-0.3, -0.25) is 0 Å². The van der Waals surface area contributed by atoms with Gasteiger partial charge in [-0.2, -0.15) is 13.2 Å². The molecule has 1 rings (SSSR count). The van der Waals surface area contributed by atoms with Gasteiger partial charge in [-0.1, -0.05) is 13.0 Å². The second kappa shape index (κ2) is 6.28. The largest absolute Gasteiger partial charge is 0.418 e. The van der Waals surface area contributed by atoms with E-state index in [1.54, 1.807) is 24.9 Å². The lowest BCUT2D eigenvalue weighted by molar-refractivity contribution is -0.137. The molecule has 108 valence electrons. The van der Waals surface area contributed by atoms with E-state index in [1.165, 1.54) is 12.1 Å². The maximum absolute atomic E-state index is 13.1. The molecule has 0 saturated carbocycles. The first-order chi connectivity index (χ1) is 8.75. The van der Waals surface area contributed by atoms with Crippen LogP contribution < -0.4 is 10.6 Å². The van der Waals surface area contributed by atoms with Gasteiger partial charge in [0, 0.05) is 25.3 Å². The molecule has 0 spiro atoms. The molecule has 2 N–H and O–H groups in total. The van der Waals surface area contributed by atoms with Gasteiger partial charge in [0.05, 0.1) is 5.56 Å². The molecule has 0 radical (unpaired) electrons. The van der Waals surface area contributed by atoms with Crippen LogP contribution in [0.2, 0.25) is 0 Å². The Kier molecular flexibility index (Phi) is 5.23. The van der Waals surface area contributed by atoms with Crippen molar-refractivity contribution in [1.29, 1.82) is 0 Å². The summed E-state index contributed by atoms with van der Waals surface area (Å²) in [4.78, 5) is 1.64. The third kappa shape index (κ3) is 4.42. The first-order valence-electron chi connectivity index (χ1n) is 6.42. The van der Waals surface area contributed by atoms with Gasteiger partial charge in [0.1, 0.15) is 0 Å². The van der Waals surface area contributed by atoms with E-state index in [1.807, 2.05) is 6.92 Å². The summed E-state index contributed by atoms with van der Waals surface area (Å²) < 4.78 is 39.3. The molecule has 0 bridgehead atoms. The molecule has 1 unspecified atom stereocenters. The lowest BCUT2D eigenvalue weighted by atomic mass is 10.0. The van der Waals surface area contributed by atoms with Crippen molar-refractivity contribution in [3.8, 4) is 0 Å². The summed E-state index contributed by atoms with van der Waals surface area (Å²) in [5, 5.41) is 0. The SMILES string of the molecule is CCCN(C)c1ccc(CC(C)N)cc1C(F)(F)F. The summed E-state index contributed by atoms with van der Waals surface area (Å²) in [5.74, 6) is 0. The minimum Gasteiger partial charge on any atom is -0.374 e. The number of anilines is 1. The summed E-state index contributed by atoms with van der Waals surface area (Å²) in [5.41, 5.74) is 5.90. The van der Waals surface area contributed by atoms with Gasteiger partial charge >= 0.3 is 6.18 Å². The second-order valence-corrected chi connectivity index (χ2v) is 4.95. The summed E-state index contributed by atoms with van der Waals surface area (Å²) in [7, 11) is 1.68. The first-order valence-corrected chi connectivity index (χ1v) is 6.42. The van der Waals surface area contributed by atoms with Gasteiger partial charge < -0.3 is 10.6 Å². The molecule has 0 fully saturated rings. The fourth-order valence-electron chi connectivity index (χ4n) is 2.10. The summed E-state index contributed by atoms with van der Waals surface area (Å²) in [6.07, 6.45) is -3.10. The molecule has 0 amide bonds. The van der Waals surface area contributed by atoms with E-state index in [9.17, 15) is 13.2 Å². The zero-order chi connectivity index (χ0) is 14.6. The van der Waals surface area contributed by atoms with Gasteiger partial charge in [0.15, 0.2) is 0 Å². The topological polar surface area (TPSA) is 29.3 Å². The third-order valence-electron chi connectivity index (χ3n) is 2.89. The minimum absolute atomic E-state index is 0.152. The molecule has 5 heteroatoms. The lowest BCUT2D eigenvalue weighted by Gasteiger charge is -2.24. The van der Waals surface area contributed by atoms with Crippen molar-refractivity contribution in [3.63, 3.8) is 0 Å². The van der Waals surface area contributed by atoms with E-state index in [2.05, 4.69) is 0 Å². The Hall–Kier alpha value is -1.23. The Morgan fingerprint density at radius 1 is 1.32 bits per heavy atom. The van der Waals surface area contributed by atoms with Crippen LogP contribution in [0.4, 0.5) is 18.9 Å². The number of benzene rings is 1. The van der Waals surface area contributed by atoms with Crippen molar-refractivity contribution < 1.29 is 13.2 Å². The van der Waals surface area contributed by atoms with E-state index in [0.29, 0.717) is 18.5 Å². The molecular formula is C14H21F3N2. The van der Waals surface area contributed by atoms with E-state index in [0.717, 1.165) is 6.42 Å². The fraction of sp³-hybridized carbons (Fsp3) is 0.571. The molecule has 1 aromatic rings. The summed E-state index contributed by atoms with van der Waals surface area (Å²) in [6, 6.07) is 4.32. The third-order valence-corrected chi connectivity index (χ3v) is 2.89. The van der Waals surface area contributed by atoms with Crippen LogP contribution in [0.1, 0.15) is 31.4 Å². The van der Waals surface area contributed by atoms with Crippen LogP contribution >= 0.6 is 0 Å². The highest BCUT2D eigenvalue weighted by Crippen LogP contribution is 2.37. The Labute approximate surface area is 112 Å². The molecule has 0 heterocycles. The van der Waals surface area contributed by atoms with Gasteiger partial charge in [-0.05, 0) is 37.5 Å². The maximum atomic E-state index is 13.1. The highest BCUT2D eigenvalue weighted by Gasteiger charge is 2.34. The quantitative estimate of drug-likeness (QED) is 0.891. The van der Waals surface area contributed by atoms with Crippen LogP contribution in [0.15, 0.2) is 18.2 Å². The number of halogens is 3. The van der Waals surface area contributed by atoms with E-state index < -0.39 is 11.7 Å². The molecular weight excluding hydrogens is 253 g/mol. The Morgan fingerprint density at radius 2 is 1.95 bits per heavy atom. The number of alkyl halides is 3. The summed E-state index contributed by atoms with van der Waals surface area (Å²) >= 11 is 0. The van der Waals surface area contributed by atoms with Crippen LogP contribution in [-0.2, 0) is 12.6 Å². The Bertz CT molecular complexity index is 414.